The highest BCUT2D eigenvalue weighted by molar-refractivity contribution is 5.95. The van der Waals surface area contributed by atoms with Crippen molar-refractivity contribution >= 4 is 11.8 Å². The topological polar surface area (TPSA) is 53.4 Å². The van der Waals surface area contributed by atoms with E-state index in [1.54, 1.807) is 0 Å². The monoisotopic (exact) mass is 262 g/mol. The fourth-order valence-corrected chi connectivity index (χ4v) is 2.47. The molecular weight excluding hydrogens is 240 g/mol. The van der Waals surface area contributed by atoms with E-state index in [9.17, 15) is 9.90 Å². The molecule has 0 atom stereocenters. The highest BCUT2D eigenvalue weighted by atomic mass is 16.4. The Balaban J connectivity index is 2.42. The second-order valence-corrected chi connectivity index (χ2v) is 5.36. The lowest BCUT2D eigenvalue weighted by Crippen LogP contribution is -2.30. The van der Waals surface area contributed by atoms with Gasteiger partial charge in [-0.05, 0) is 44.7 Å². The van der Waals surface area contributed by atoms with Gasteiger partial charge < -0.3 is 10.0 Å². The van der Waals surface area contributed by atoms with E-state index in [4.69, 9.17) is 0 Å². The fraction of sp³-hybridized carbons (Fsp3) is 0.600. The van der Waals surface area contributed by atoms with E-state index in [0.717, 1.165) is 43.5 Å². The summed E-state index contributed by atoms with van der Waals surface area (Å²) in [5.74, 6) is -0.205. The van der Waals surface area contributed by atoms with Gasteiger partial charge in [-0.15, -0.1) is 0 Å². The third-order valence-electron chi connectivity index (χ3n) is 3.55. The smallest absolute Gasteiger partial charge is 0.339 e. The second-order valence-electron chi connectivity index (χ2n) is 5.36. The molecule has 1 N–H and O–H groups in total. The van der Waals surface area contributed by atoms with Crippen molar-refractivity contribution in [3.8, 4) is 0 Å². The first-order chi connectivity index (χ1) is 9.04. The number of carboxylic acid groups (broad SMARTS) is 1. The number of hydrogen-bond donors (Lipinski definition) is 1. The van der Waals surface area contributed by atoms with E-state index in [2.05, 4.69) is 16.8 Å². The standard InChI is InChI=1S/C15H22N2O2/c1-4-5-8-17(12-6-7-12)14-13(15(18)19)10(2)9-11(3)16-14/h9,12H,4-8H2,1-3H3,(H,18,19). The largest absolute Gasteiger partial charge is 0.478 e. The van der Waals surface area contributed by atoms with Crippen LogP contribution in [0, 0.1) is 13.8 Å². The van der Waals surface area contributed by atoms with Crippen LogP contribution in [0.2, 0.25) is 0 Å². The number of anilines is 1. The van der Waals surface area contributed by atoms with E-state index in [-0.39, 0.29) is 0 Å². The number of pyridine rings is 1. The lowest BCUT2D eigenvalue weighted by molar-refractivity contribution is 0.0696. The van der Waals surface area contributed by atoms with Crippen molar-refractivity contribution < 1.29 is 9.90 Å². The maximum Gasteiger partial charge on any atom is 0.339 e. The van der Waals surface area contributed by atoms with Crippen molar-refractivity contribution in [3.05, 3.63) is 22.9 Å². The molecule has 0 unspecified atom stereocenters. The molecule has 0 radical (unpaired) electrons. The van der Waals surface area contributed by atoms with Crippen LogP contribution in [0.15, 0.2) is 6.07 Å². The molecule has 19 heavy (non-hydrogen) atoms. The molecule has 1 fully saturated rings. The summed E-state index contributed by atoms with van der Waals surface area (Å²) >= 11 is 0. The van der Waals surface area contributed by atoms with E-state index < -0.39 is 5.97 Å². The third kappa shape index (κ3) is 3.06. The predicted octanol–water partition coefficient (Wildman–Crippen LogP) is 3.17. The van der Waals surface area contributed by atoms with Crippen molar-refractivity contribution in [2.75, 3.05) is 11.4 Å². The normalized spacial score (nSPS) is 14.5. The second kappa shape index (κ2) is 5.59. The highest BCUT2D eigenvalue weighted by Crippen LogP contribution is 2.34. The van der Waals surface area contributed by atoms with Gasteiger partial charge in [-0.2, -0.15) is 0 Å². The molecule has 1 aromatic heterocycles. The van der Waals surface area contributed by atoms with Gasteiger partial charge in [0.1, 0.15) is 11.4 Å². The van der Waals surface area contributed by atoms with Gasteiger partial charge in [-0.25, -0.2) is 9.78 Å². The Kier molecular flexibility index (Phi) is 4.08. The summed E-state index contributed by atoms with van der Waals surface area (Å²) in [6.07, 6.45) is 4.48. The quantitative estimate of drug-likeness (QED) is 0.855. The molecule has 0 saturated heterocycles. The molecule has 1 heterocycles. The van der Waals surface area contributed by atoms with Gasteiger partial charge in [-0.1, -0.05) is 13.3 Å². The highest BCUT2D eigenvalue weighted by Gasteiger charge is 2.32. The molecule has 0 aromatic carbocycles. The summed E-state index contributed by atoms with van der Waals surface area (Å²) in [5, 5.41) is 9.45. The molecule has 1 saturated carbocycles. The molecule has 0 bridgehead atoms. The lowest BCUT2D eigenvalue weighted by Gasteiger charge is -2.26. The Morgan fingerprint density at radius 3 is 2.68 bits per heavy atom. The first-order valence-electron chi connectivity index (χ1n) is 7.02. The van der Waals surface area contributed by atoms with Crippen LogP contribution < -0.4 is 4.90 Å². The molecule has 2 rings (SSSR count). The molecule has 4 nitrogen and oxygen atoms in total. The number of carboxylic acids is 1. The Morgan fingerprint density at radius 2 is 2.16 bits per heavy atom. The van der Waals surface area contributed by atoms with Gasteiger partial charge in [0.05, 0.1) is 0 Å². The zero-order chi connectivity index (χ0) is 14.0. The summed E-state index contributed by atoms with van der Waals surface area (Å²) in [6, 6.07) is 2.33. The number of carbonyl (C=O) groups is 1. The van der Waals surface area contributed by atoms with Gasteiger partial charge in [0.15, 0.2) is 0 Å². The van der Waals surface area contributed by atoms with Gasteiger partial charge in [-0.3, -0.25) is 0 Å². The molecule has 4 heteroatoms. The van der Waals surface area contributed by atoms with E-state index in [1.807, 2.05) is 19.9 Å². The number of aromatic nitrogens is 1. The zero-order valence-electron chi connectivity index (χ0n) is 11.9. The number of unbranched alkanes of at least 4 members (excludes halogenated alkanes) is 1. The van der Waals surface area contributed by atoms with Crippen molar-refractivity contribution in [2.45, 2.75) is 52.5 Å². The number of nitrogens with zero attached hydrogens (tertiary/aromatic N) is 2. The predicted molar refractivity (Wildman–Crippen MR) is 75.9 cm³/mol. The summed E-state index contributed by atoms with van der Waals surface area (Å²) < 4.78 is 0. The first-order valence-corrected chi connectivity index (χ1v) is 7.02. The third-order valence-corrected chi connectivity index (χ3v) is 3.55. The van der Waals surface area contributed by atoms with E-state index in [0.29, 0.717) is 17.4 Å². The van der Waals surface area contributed by atoms with Crippen LogP contribution in [-0.4, -0.2) is 28.6 Å². The van der Waals surface area contributed by atoms with Crippen molar-refractivity contribution in [2.24, 2.45) is 0 Å². The number of hydrogen-bond acceptors (Lipinski definition) is 3. The van der Waals surface area contributed by atoms with Crippen LogP contribution in [0.4, 0.5) is 5.82 Å². The molecule has 1 aliphatic carbocycles. The van der Waals surface area contributed by atoms with Crippen LogP contribution in [0.1, 0.15) is 54.2 Å². The minimum Gasteiger partial charge on any atom is -0.478 e. The van der Waals surface area contributed by atoms with Crippen LogP contribution in [0.25, 0.3) is 0 Å². The maximum atomic E-state index is 11.5. The molecule has 0 amide bonds. The van der Waals surface area contributed by atoms with E-state index in [1.165, 1.54) is 0 Å². The minimum atomic E-state index is -0.873. The summed E-state index contributed by atoms with van der Waals surface area (Å²) in [5.41, 5.74) is 2.06. The summed E-state index contributed by atoms with van der Waals surface area (Å²) in [6.45, 7) is 6.83. The molecule has 1 aliphatic rings. The Morgan fingerprint density at radius 1 is 1.47 bits per heavy atom. The first kappa shape index (κ1) is 13.8. The minimum absolute atomic E-state index is 0.369. The van der Waals surface area contributed by atoms with Crippen LogP contribution in [-0.2, 0) is 0 Å². The van der Waals surface area contributed by atoms with Crippen molar-refractivity contribution in [1.29, 1.82) is 0 Å². The zero-order valence-corrected chi connectivity index (χ0v) is 11.9. The molecule has 104 valence electrons. The van der Waals surface area contributed by atoms with Gasteiger partial charge in [0.25, 0.3) is 0 Å². The Hall–Kier alpha value is -1.58. The Bertz CT molecular complexity index is 481. The lowest BCUT2D eigenvalue weighted by atomic mass is 10.1. The fourth-order valence-electron chi connectivity index (χ4n) is 2.47. The van der Waals surface area contributed by atoms with Gasteiger partial charge >= 0.3 is 5.97 Å². The van der Waals surface area contributed by atoms with Crippen molar-refractivity contribution in [1.82, 2.24) is 4.98 Å². The van der Waals surface area contributed by atoms with Gasteiger partial charge in [0.2, 0.25) is 0 Å². The van der Waals surface area contributed by atoms with Crippen molar-refractivity contribution in [3.63, 3.8) is 0 Å². The molecule has 0 aliphatic heterocycles. The van der Waals surface area contributed by atoms with Crippen LogP contribution in [0.5, 0.6) is 0 Å². The number of rotatable bonds is 6. The number of aromatic carboxylic acids is 1. The van der Waals surface area contributed by atoms with Gasteiger partial charge in [0, 0.05) is 18.3 Å². The maximum absolute atomic E-state index is 11.5. The Labute approximate surface area is 114 Å². The SMILES string of the molecule is CCCCN(c1nc(C)cc(C)c1C(=O)O)C1CC1. The average molecular weight is 262 g/mol. The van der Waals surface area contributed by atoms with E-state index >= 15 is 0 Å². The summed E-state index contributed by atoms with van der Waals surface area (Å²) in [7, 11) is 0. The van der Waals surface area contributed by atoms with Crippen LogP contribution >= 0.6 is 0 Å². The summed E-state index contributed by atoms with van der Waals surface area (Å²) in [4.78, 5) is 18.2. The van der Waals surface area contributed by atoms with Crippen LogP contribution in [0.3, 0.4) is 0 Å². The molecule has 1 aromatic rings. The molecule has 0 spiro atoms. The average Bonchev–Trinajstić information content (AvgIpc) is 3.12. The molecular formula is C15H22N2O2. The number of aryl methyl sites for hydroxylation is 2.